The van der Waals surface area contributed by atoms with Gasteiger partial charge >= 0.3 is 6.18 Å². The van der Waals surface area contributed by atoms with E-state index in [9.17, 15) is 27.9 Å². The lowest BCUT2D eigenvalue weighted by atomic mass is 10.00. The van der Waals surface area contributed by atoms with E-state index in [4.69, 9.17) is 0 Å². The molecule has 0 spiro atoms. The van der Waals surface area contributed by atoms with Crippen molar-refractivity contribution in [2.24, 2.45) is 0 Å². The second-order valence-electron chi connectivity index (χ2n) is 6.29. The molecule has 5 nitrogen and oxygen atoms in total. The summed E-state index contributed by atoms with van der Waals surface area (Å²) in [5.41, 5.74) is 0.446. The number of aliphatic hydroxyl groups is 1. The molecule has 2 aromatic rings. The minimum Gasteiger partial charge on any atom is -0.394 e. The molecule has 0 aliphatic carbocycles. The molecule has 0 aromatic heterocycles. The zero-order chi connectivity index (χ0) is 20.7. The molecule has 0 aliphatic rings. The monoisotopic (exact) mass is 394 g/mol. The summed E-state index contributed by atoms with van der Waals surface area (Å²) in [5, 5.41) is 14.4. The maximum Gasteiger partial charge on any atom is 0.416 e. The summed E-state index contributed by atoms with van der Waals surface area (Å²) in [7, 11) is 0. The van der Waals surface area contributed by atoms with Crippen LogP contribution in [-0.4, -0.2) is 29.6 Å². The summed E-state index contributed by atoms with van der Waals surface area (Å²) in [6, 6.07) is 12.2. The van der Waals surface area contributed by atoms with Crippen molar-refractivity contribution in [3.63, 3.8) is 0 Å². The van der Waals surface area contributed by atoms with Gasteiger partial charge in [-0.15, -0.1) is 0 Å². The second kappa shape index (κ2) is 9.36. The summed E-state index contributed by atoms with van der Waals surface area (Å²) in [4.78, 5) is 24.5. The first-order valence-electron chi connectivity index (χ1n) is 8.62. The minimum absolute atomic E-state index is 0.0302. The Balaban J connectivity index is 1.91. The summed E-state index contributed by atoms with van der Waals surface area (Å²) in [6.45, 7) is 1.04. The zero-order valence-corrected chi connectivity index (χ0v) is 15.2. The molecule has 2 rings (SSSR count). The van der Waals surface area contributed by atoms with Crippen molar-refractivity contribution in [1.29, 1.82) is 0 Å². The van der Waals surface area contributed by atoms with Crippen LogP contribution in [0.4, 0.5) is 13.2 Å². The van der Waals surface area contributed by atoms with E-state index in [0.717, 1.165) is 17.7 Å². The number of amides is 2. The number of rotatable bonds is 7. The minimum atomic E-state index is -4.43. The zero-order valence-electron chi connectivity index (χ0n) is 15.2. The van der Waals surface area contributed by atoms with Crippen molar-refractivity contribution in [1.82, 2.24) is 10.6 Å². The topological polar surface area (TPSA) is 78.4 Å². The quantitative estimate of drug-likeness (QED) is 0.676. The highest BCUT2D eigenvalue weighted by Crippen LogP contribution is 2.29. The van der Waals surface area contributed by atoms with Crippen LogP contribution in [-0.2, 0) is 22.3 Å². The fourth-order valence-electron chi connectivity index (χ4n) is 2.51. The lowest BCUT2D eigenvalue weighted by Gasteiger charge is -2.19. The summed E-state index contributed by atoms with van der Waals surface area (Å²) in [5.74, 6) is -1.57. The van der Waals surface area contributed by atoms with Gasteiger partial charge in [-0.1, -0.05) is 42.5 Å². The van der Waals surface area contributed by atoms with Crippen LogP contribution in [0.25, 0.3) is 0 Å². The smallest absolute Gasteiger partial charge is 0.394 e. The SMILES string of the molecule is CC(C(=O)N[C@@H](CO)C(=O)NCc1ccc(C(F)(F)F)cc1)c1ccccc1. The van der Waals surface area contributed by atoms with E-state index < -0.39 is 42.1 Å². The lowest BCUT2D eigenvalue weighted by Crippen LogP contribution is -2.49. The molecular formula is C20H21F3N2O3. The number of halogens is 3. The van der Waals surface area contributed by atoms with E-state index in [2.05, 4.69) is 10.6 Å². The molecule has 0 aliphatic heterocycles. The van der Waals surface area contributed by atoms with E-state index in [0.29, 0.717) is 5.56 Å². The van der Waals surface area contributed by atoms with Crippen molar-refractivity contribution >= 4 is 11.8 Å². The van der Waals surface area contributed by atoms with Crippen LogP contribution in [0.5, 0.6) is 0 Å². The van der Waals surface area contributed by atoms with Gasteiger partial charge in [0.25, 0.3) is 0 Å². The number of aliphatic hydroxyl groups excluding tert-OH is 1. The maximum absolute atomic E-state index is 12.6. The molecule has 0 saturated heterocycles. The first-order valence-corrected chi connectivity index (χ1v) is 8.62. The largest absolute Gasteiger partial charge is 0.416 e. The van der Waals surface area contributed by atoms with Gasteiger partial charge in [0.15, 0.2) is 0 Å². The van der Waals surface area contributed by atoms with Crippen molar-refractivity contribution in [2.75, 3.05) is 6.61 Å². The fraction of sp³-hybridized carbons (Fsp3) is 0.300. The molecule has 28 heavy (non-hydrogen) atoms. The van der Waals surface area contributed by atoms with Gasteiger partial charge in [0.2, 0.25) is 11.8 Å². The average molecular weight is 394 g/mol. The summed E-state index contributed by atoms with van der Waals surface area (Å²) >= 11 is 0. The van der Waals surface area contributed by atoms with Gasteiger partial charge in [-0.3, -0.25) is 9.59 Å². The molecule has 0 radical (unpaired) electrons. The van der Waals surface area contributed by atoms with Crippen LogP contribution in [0.1, 0.15) is 29.5 Å². The van der Waals surface area contributed by atoms with Gasteiger partial charge in [-0.05, 0) is 30.2 Å². The highest BCUT2D eigenvalue weighted by atomic mass is 19.4. The van der Waals surface area contributed by atoms with Crippen LogP contribution in [0, 0.1) is 0 Å². The van der Waals surface area contributed by atoms with Gasteiger partial charge < -0.3 is 15.7 Å². The lowest BCUT2D eigenvalue weighted by molar-refractivity contribution is -0.137. The Morgan fingerprint density at radius 3 is 2.14 bits per heavy atom. The number of nitrogens with one attached hydrogen (secondary N) is 2. The number of carbonyl (C=O) groups excluding carboxylic acids is 2. The third-order valence-electron chi connectivity index (χ3n) is 4.26. The Morgan fingerprint density at radius 2 is 1.61 bits per heavy atom. The third kappa shape index (κ3) is 5.82. The van der Waals surface area contributed by atoms with E-state index >= 15 is 0 Å². The molecule has 2 aromatic carbocycles. The summed E-state index contributed by atoms with van der Waals surface area (Å²) < 4.78 is 37.7. The number of alkyl halides is 3. The van der Waals surface area contributed by atoms with Gasteiger partial charge in [-0.25, -0.2) is 0 Å². The van der Waals surface area contributed by atoms with Crippen LogP contribution < -0.4 is 10.6 Å². The molecule has 0 saturated carbocycles. The normalized spacial score (nSPS) is 13.5. The fourth-order valence-corrected chi connectivity index (χ4v) is 2.51. The van der Waals surface area contributed by atoms with E-state index in [-0.39, 0.29) is 6.54 Å². The van der Waals surface area contributed by atoms with Crippen LogP contribution >= 0.6 is 0 Å². The number of benzene rings is 2. The molecule has 8 heteroatoms. The number of carbonyl (C=O) groups is 2. The Labute approximate surface area is 160 Å². The first-order chi connectivity index (χ1) is 13.2. The van der Waals surface area contributed by atoms with Gasteiger partial charge in [0.05, 0.1) is 18.1 Å². The standard InChI is InChI=1S/C20H21F3N2O3/c1-13(15-5-3-2-4-6-15)18(27)25-17(12-26)19(28)24-11-14-7-9-16(10-8-14)20(21,22)23/h2-10,13,17,26H,11-12H2,1H3,(H,24,28)(H,25,27)/t13?,17-/m0/s1. The Hall–Kier alpha value is -2.87. The van der Waals surface area contributed by atoms with Crippen molar-refractivity contribution < 1.29 is 27.9 Å². The first kappa shape index (κ1) is 21.4. The highest BCUT2D eigenvalue weighted by molar-refractivity contribution is 5.90. The molecule has 0 fully saturated rings. The van der Waals surface area contributed by atoms with E-state index in [1.807, 2.05) is 6.07 Å². The van der Waals surface area contributed by atoms with Crippen molar-refractivity contribution in [2.45, 2.75) is 31.6 Å². The molecule has 0 bridgehead atoms. The Kier molecular flexibility index (Phi) is 7.17. The Morgan fingerprint density at radius 1 is 1.00 bits per heavy atom. The number of hydrogen-bond acceptors (Lipinski definition) is 3. The van der Waals surface area contributed by atoms with Crippen LogP contribution in [0.15, 0.2) is 54.6 Å². The molecular weight excluding hydrogens is 373 g/mol. The highest BCUT2D eigenvalue weighted by Gasteiger charge is 2.30. The van der Waals surface area contributed by atoms with Gasteiger partial charge in [0.1, 0.15) is 6.04 Å². The van der Waals surface area contributed by atoms with E-state index in [1.54, 1.807) is 31.2 Å². The third-order valence-corrected chi connectivity index (χ3v) is 4.26. The number of hydrogen-bond donors (Lipinski definition) is 3. The van der Waals surface area contributed by atoms with Crippen molar-refractivity contribution in [3.05, 3.63) is 71.3 Å². The van der Waals surface area contributed by atoms with E-state index in [1.165, 1.54) is 12.1 Å². The van der Waals surface area contributed by atoms with Crippen LogP contribution in [0.3, 0.4) is 0 Å². The predicted molar refractivity (Wildman–Crippen MR) is 97.2 cm³/mol. The molecule has 2 amide bonds. The molecule has 1 unspecified atom stereocenters. The van der Waals surface area contributed by atoms with Gasteiger partial charge in [0, 0.05) is 6.54 Å². The van der Waals surface area contributed by atoms with Crippen LogP contribution in [0.2, 0.25) is 0 Å². The average Bonchev–Trinajstić information content (AvgIpc) is 2.69. The molecule has 150 valence electrons. The predicted octanol–water partition coefficient (Wildman–Crippen LogP) is 2.60. The molecule has 0 heterocycles. The second-order valence-corrected chi connectivity index (χ2v) is 6.29. The van der Waals surface area contributed by atoms with Crippen molar-refractivity contribution in [3.8, 4) is 0 Å². The van der Waals surface area contributed by atoms with Gasteiger partial charge in [-0.2, -0.15) is 13.2 Å². The molecule has 2 atom stereocenters. The Bertz CT molecular complexity index is 793. The summed E-state index contributed by atoms with van der Waals surface area (Å²) in [6.07, 6.45) is -4.43. The molecule has 3 N–H and O–H groups in total. The maximum atomic E-state index is 12.6.